The monoisotopic (exact) mass is 287 g/mol. The van der Waals surface area contributed by atoms with Crippen LogP contribution in [0, 0.1) is 5.92 Å². The minimum absolute atomic E-state index is 0.149. The van der Waals surface area contributed by atoms with E-state index in [1.165, 1.54) is 0 Å². The lowest BCUT2D eigenvalue weighted by atomic mass is 10.0. The van der Waals surface area contributed by atoms with Crippen molar-refractivity contribution in [2.45, 2.75) is 25.3 Å². The van der Waals surface area contributed by atoms with Crippen molar-refractivity contribution in [2.75, 3.05) is 6.61 Å². The highest BCUT2D eigenvalue weighted by atomic mass is 16.5. The number of allylic oxidation sites excluding steroid dienone is 2. The van der Waals surface area contributed by atoms with Crippen LogP contribution in [0.25, 0.3) is 0 Å². The number of benzene rings is 1. The van der Waals surface area contributed by atoms with Gasteiger partial charge >= 0.3 is 5.97 Å². The maximum atomic E-state index is 12.1. The summed E-state index contributed by atoms with van der Waals surface area (Å²) in [6.07, 6.45) is 6.03. The first-order valence-corrected chi connectivity index (χ1v) is 7.09. The van der Waals surface area contributed by atoms with Crippen LogP contribution in [0.4, 0.5) is 0 Å². The summed E-state index contributed by atoms with van der Waals surface area (Å²) < 4.78 is 5.41. The van der Waals surface area contributed by atoms with Gasteiger partial charge in [-0.15, -0.1) is 0 Å². The minimum atomic E-state index is -1.05. The van der Waals surface area contributed by atoms with Crippen molar-refractivity contribution in [3.05, 3.63) is 41.5 Å². The van der Waals surface area contributed by atoms with Gasteiger partial charge < -0.3 is 15.2 Å². The molecule has 2 N–H and O–H groups in total. The van der Waals surface area contributed by atoms with Crippen LogP contribution in [0.1, 0.15) is 30.0 Å². The van der Waals surface area contributed by atoms with Gasteiger partial charge in [-0.1, -0.05) is 18.2 Å². The first-order chi connectivity index (χ1) is 10.1. The summed E-state index contributed by atoms with van der Waals surface area (Å²) in [4.78, 5) is 23.6. The highest BCUT2D eigenvalue weighted by Gasteiger charge is 2.27. The normalized spacial score (nSPS) is 18.1. The molecule has 1 aliphatic heterocycles. The molecule has 0 saturated carbocycles. The van der Waals surface area contributed by atoms with Crippen LogP contribution in [0.3, 0.4) is 0 Å². The van der Waals surface area contributed by atoms with Gasteiger partial charge in [0.2, 0.25) is 5.91 Å². The van der Waals surface area contributed by atoms with Crippen molar-refractivity contribution in [1.29, 1.82) is 0 Å². The number of aliphatic carboxylic acids is 1. The Bertz CT molecular complexity index is 600. The number of ether oxygens (including phenoxy) is 1. The zero-order chi connectivity index (χ0) is 14.8. The highest BCUT2D eigenvalue weighted by Crippen LogP contribution is 2.29. The second-order valence-electron chi connectivity index (χ2n) is 5.39. The molecule has 0 saturated heterocycles. The van der Waals surface area contributed by atoms with E-state index in [4.69, 9.17) is 4.74 Å². The molecule has 0 radical (unpaired) electrons. The SMILES string of the molecule is O=C(N[C@H](C(=O)O)c1ccc2c(c1)CCO2)C1CC=CC1. The highest BCUT2D eigenvalue weighted by molar-refractivity contribution is 5.86. The first-order valence-electron chi connectivity index (χ1n) is 7.09. The fourth-order valence-electron chi connectivity index (χ4n) is 2.77. The van der Waals surface area contributed by atoms with E-state index in [0.717, 1.165) is 17.7 Å². The van der Waals surface area contributed by atoms with Crippen molar-refractivity contribution < 1.29 is 19.4 Å². The summed E-state index contributed by atoms with van der Waals surface area (Å²) in [5.74, 6) is -0.601. The van der Waals surface area contributed by atoms with E-state index in [9.17, 15) is 14.7 Å². The maximum Gasteiger partial charge on any atom is 0.330 e. The van der Waals surface area contributed by atoms with Crippen LogP contribution in [0.5, 0.6) is 5.75 Å². The van der Waals surface area contributed by atoms with Gasteiger partial charge in [0.05, 0.1) is 6.61 Å². The summed E-state index contributed by atoms with van der Waals surface area (Å²) in [6.45, 7) is 0.622. The van der Waals surface area contributed by atoms with Gasteiger partial charge in [0.15, 0.2) is 6.04 Å². The molecule has 0 aromatic heterocycles. The smallest absolute Gasteiger partial charge is 0.330 e. The van der Waals surface area contributed by atoms with Crippen molar-refractivity contribution in [2.24, 2.45) is 5.92 Å². The average Bonchev–Trinajstić information content (AvgIpc) is 3.13. The number of hydrogen-bond acceptors (Lipinski definition) is 3. The Balaban J connectivity index is 1.78. The van der Waals surface area contributed by atoms with Crippen LogP contribution in [0.2, 0.25) is 0 Å². The van der Waals surface area contributed by atoms with E-state index in [2.05, 4.69) is 5.32 Å². The van der Waals surface area contributed by atoms with Crippen LogP contribution >= 0.6 is 0 Å². The van der Waals surface area contributed by atoms with E-state index in [-0.39, 0.29) is 11.8 Å². The summed E-state index contributed by atoms with van der Waals surface area (Å²) in [6, 6.07) is 4.28. The molecule has 3 rings (SSSR count). The summed E-state index contributed by atoms with van der Waals surface area (Å²) >= 11 is 0. The average molecular weight is 287 g/mol. The van der Waals surface area contributed by atoms with Crippen LogP contribution < -0.4 is 10.1 Å². The molecule has 0 unspecified atom stereocenters. The van der Waals surface area contributed by atoms with Crippen LogP contribution in [-0.4, -0.2) is 23.6 Å². The molecule has 110 valence electrons. The Morgan fingerprint density at radius 2 is 2.05 bits per heavy atom. The molecule has 1 aromatic rings. The Hall–Kier alpha value is -2.30. The molecule has 0 spiro atoms. The molecular formula is C16H17NO4. The molecule has 1 heterocycles. The largest absolute Gasteiger partial charge is 0.493 e. The van der Waals surface area contributed by atoms with Crippen LogP contribution in [-0.2, 0) is 16.0 Å². The second-order valence-corrected chi connectivity index (χ2v) is 5.39. The number of fused-ring (bicyclic) bond motifs is 1. The Morgan fingerprint density at radius 1 is 1.29 bits per heavy atom. The Labute approximate surface area is 122 Å². The van der Waals surface area contributed by atoms with Gasteiger partial charge in [0.25, 0.3) is 0 Å². The third-order valence-electron chi connectivity index (χ3n) is 3.96. The Kier molecular flexibility index (Phi) is 3.64. The van der Waals surface area contributed by atoms with E-state index in [1.54, 1.807) is 12.1 Å². The number of amides is 1. The molecule has 0 bridgehead atoms. The lowest BCUT2D eigenvalue weighted by molar-refractivity contribution is -0.142. The first kappa shape index (κ1) is 13.7. The molecule has 1 amide bonds. The van der Waals surface area contributed by atoms with Gasteiger partial charge in [-0.3, -0.25) is 4.79 Å². The number of carbonyl (C=O) groups is 2. The standard InChI is InChI=1S/C16H17NO4/c18-15(10-3-1-2-4-10)17-14(16(19)20)12-5-6-13-11(9-12)7-8-21-13/h1-2,5-6,9-10,14H,3-4,7-8H2,(H,17,18)(H,19,20)/t14-/m0/s1. The molecule has 1 aliphatic carbocycles. The van der Waals surface area contributed by atoms with Crippen LogP contribution in [0.15, 0.2) is 30.4 Å². The Morgan fingerprint density at radius 3 is 2.76 bits per heavy atom. The number of carbonyl (C=O) groups excluding carboxylic acids is 1. The topological polar surface area (TPSA) is 75.6 Å². The van der Waals surface area contributed by atoms with E-state index in [1.807, 2.05) is 18.2 Å². The number of nitrogens with one attached hydrogen (secondary N) is 1. The second kappa shape index (κ2) is 5.60. The van der Waals surface area contributed by atoms with Gasteiger partial charge in [0, 0.05) is 12.3 Å². The zero-order valence-corrected chi connectivity index (χ0v) is 11.5. The van der Waals surface area contributed by atoms with E-state index < -0.39 is 12.0 Å². The van der Waals surface area contributed by atoms with Crippen molar-refractivity contribution in [3.63, 3.8) is 0 Å². The van der Waals surface area contributed by atoms with Gasteiger partial charge in [-0.25, -0.2) is 4.79 Å². The number of hydrogen-bond donors (Lipinski definition) is 2. The molecule has 21 heavy (non-hydrogen) atoms. The van der Waals surface area contributed by atoms with Crippen molar-refractivity contribution in [3.8, 4) is 5.75 Å². The number of carboxylic acids is 1. The van der Waals surface area contributed by atoms with E-state index in [0.29, 0.717) is 25.0 Å². The third kappa shape index (κ3) is 2.77. The predicted molar refractivity (Wildman–Crippen MR) is 76.0 cm³/mol. The number of carboxylic acid groups (broad SMARTS) is 1. The number of rotatable bonds is 4. The molecule has 5 nitrogen and oxygen atoms in total. The van der Waals surface area contributed by atoms with Crippen molar-refractivity contribution in [1.82, 2.24) is 5.32 Å². The third-order valence-corrected chi connectivity index (χ3v) is 3.96. The van der Waals surface area contributed by atoms with Gasteiger partial charge in [0.1, 0.15) is 5.75 Å². The quantitative estimate of drug-likeness (QED) is 0.828. The molecule has 0 fully saturated rings. The fraction of sp³-hybridized carbons (Fsp3) is 0.375. The summed E-state index contributed by atoms with van der Waals surface area (Å²) in [5.41, 5.74) is 1.58. The van der Waals surface area contributed by atoms with Crippen molar-refractivity contribution >= 4 is 11.9 Å². The molecule has 1 aromatic carbocycles. The predicted octanol–water partition coefficient (Wildman–Crippen LogP) is 1.83. The fourth-order valence-corrected chi connectivity index (χ4v) is 2.77. The van der Waals surface area contributed by atoms with Gasteiger partial charge in [-0.05, 0) is 36.1 Å². The summed E-state index contributed by atoms with van der Waals surface area (Å²) in [5, 5.41) is 12.1. The van der Waals surface area contributed by atoms with E-state index >= 15 is 0 Å². The molecule has 5 heteroatoms. The minimum Gasteiger partial charge on any atom is -0.493 e. The van der Waals surface area contributed by atoms with Gasteiger partial charge in [-0.2, -0.15) is 0 Å². The molecular weight excluding hydrogens is 270 g/mol. The zero-order valence-electron chi connectivity index (χ0n) is 11.5. The molecule has 1 atom stereocenters. The summed E-state index contributed by atoms with van der Waals surface area (Å²) in [7, 11) is 0. The molecule has 2 aliphatic rings. The maximum absolute atomic E-state index is 12.1. The lowest BCUT2D eigenvalue weighted by Crippen LogP contribution is -2.37. The lowest BCUT2D eigenvalue weighted by Gasteiger charge is -2.18.